The van der Waals surface area contributed by atoms with Crippen molar-refractivity contribution in [1.29, 1.82) is 0 Å². The Hall–Kier alpha value is -5.16. The number of carbonyl (C=O) groups is 3. The van der Waals surface area contributed by atoms with Crippen molar-refractivity contribution in [3.8, 4) is 17.2 Å². The van der Waals surface area contributed by atoms with Crippen molar-refractivity contribution < 1.29 is 24.0 Å². The number of benzene rings is 3. The summed E-state index contributed by atoms with van der Waals surface area (Å²) in [6.45, 7) is 1.98. The average molecular weight is 585 g/mol. The van der Waals surface area contributed by atoms with Gasteiger partial charge in [0, 0.05) is 35.8 Å². The molecule has 3 amide bonds. The van der Waals surface area contributed by atoms with Crippen LogP contribution >= 0.6 is 11.6 Å². The van der Waals surface area contributed by atoms with E-state index in [4.69, 9.17) is 21.2 Å². The molecule has 0 saturated heterocycles. The maximum absolute atomic E-state index is 13.1. The molecule has 5 aromatic rings. The van der Waals surface area contributed by atoms with Gasteiger partial charge in [-0.25, -0.2) is 4.79 Å². The maximum Gasteiger partial charge on any atom is 0.409 e. The predicted octanol–water partition coefficient (Wildman–Crippen LogP) is 5.31. The molecule has 0 atom stereocenters. The van der Waals surface area contributed by atoms with Crippen LogP contribution in [0.1, 0.15) is 34.7 Å². The van der Waals surface area contributed by atoms with E-state index in [-0.39, 0.29) is 23.7 Å². The van der Waals surface area contributed by atoms with Gasteiger partial charge in [-0.05, 0) is 54.8 Å². The van der Waals surface area contributed by atoms with E-state index in [1.807, 2.05) is 53.1 Å². The molecule has 2 aromatic heterocycles. The van der Waals surface area contributed by atoms with Crippen LogP contribution in [0.15, 0.2) is 77.3 Å². The van der Waals surface area contributed by atoms with Crippen molar-refractivity contribution in [3.63, 3.8) is 0 Å². The first kappa shape index (κ1) is 27.0. The highest BCUT2D eigenvalue weighted by molar-refractivity contribution is 6.38. The number of halogens is 1. The number of carboxylic acid groups (broad SMARTS) is 1. The summed E-state index contributed by atoms with van der Waals surface area (Å²) >= 11 is 6.78. The van der Waals surface area contributed by atoms with E-state index in [9.17, 15) is 14.4 Å². The second-order valence-electron chi connectivity index (χ2n) is 10.0. The van der Waals surface area contributed by atoms with E-state index in [1.54, 1.807) is 19.1 Å². The van der Waals surface area contributed by atoms with Crippen LogP contribution in [0.2, 0.25) is 5.02 Å². The van der Waals surface area contributed by atoms with Crippen LogP contribution in [0.4, 0.5) is 10.5 Å². The van der Waals surface area contributed by atoms with E-state index in [2.05, 4.69) is 26.1 Å². The second kappa shape index (κ2) is 10.7. The lowest BCUT2D eigenvalue weighted by atomic mass is 10.1. The lowest BCUT2D eigenvalue weighted by Crippen LogP contribution is -2.48. The van der Waals surface area contributed by atoms with E-state index in [1.165, 1.54) is 12.1 Å². The van der Waals surface area contributed by atoms with Crippen molar-refractivity contribution in [2.75, 3.05) is 5.32 Å². The number of hydrogen-bond acceptors (Lipinski definition) is 6. The minimum atomic E-state index is -1.23. The smallest absolute Gasteiger partial charge is 0.409 e. The molecule has 3 aromatic carbocycles. The van der Waals surface area contributed by atoms with E-state index in [0.717, 1.165) is 22.2 Å². The molecule has 12 heteroatoms. The molecule has 6 rings (SSSR count). The summed E-state index contributed by atoms with van der Waals surface area (Å²) in [4.78, 5) is 41.2. The number of nitrogens with one attached hydrogen (secondary N) is 3. The molecule has 0 aliphatic heterocycles. The highest BCUT2D eigenvalue weighted by Crippen LogP contribution is 2.39. The minimum Gasteiger partial charge on any atom is -0.465 e. The Labute approximate surface area is 244 Å². The van der Waals surface area contributed by atoms with Gasteiger partial charge < -0.3 is 24.8 Å². The zero-order valence-electron chi connectivity index (χ0n) is 22.3. The second-order valence-corrected chi connectivity index (χ2v) is 10.4. The van der Waals surface area contributed by atoms with Crippen molar-refractivity contribution in [2.45, 2.75) is 31.8 Å². The maximum atomic E-state index is 13.1. The van der Waals surface area contributed by atoms with Gasteiger partial charge in [0.1, 0.15) is 11.2 Å². The summed E-state index contributed by atoms with van der Waals surface area (Å²) in [6.07, 6.45) is -0.209. The van der Waals surface area contributed by atoms with Crippen molar-refractivity contribution >= 4 is 46.1 Å². The van der Waals surface area contributed by atoms with Crippen molar-refractivity contribution in [3.05, 3.63) is 94.8 Å². The number of hydrogen-bond donors (Lipinski definition) is 4. The number of fused-ring (bicyclic) bond motifs is 1. The summed E-state index contributed by atoms with van der Waals surface area (Å²) in [5, 5.41) is 22.3. The molecule has 4 N–H and O–H groups in total. The van der Waals surface area contributed by atoms with Gasteiger partial charge in [-0.1, -0.05) is 53.2 Å². The van der Waals surface area contributed by atoms with Gasteiger partial charge in [-0.15, -0.1) is 0 Å². The Kier molecular flexibility index (Phi) is 6.87. The summed E-state index contributed by atoms with van der Waals surface area (Å²) < 4.78 is 7.18. The van der Waals surface area contributed by atoms with Crippen LogP contribution in [0, 0.1) is 6.92 Å². The third-order valence-corrected chi connectivity index (χ3v) is 7.50. The molecule has 42 heavy (non-hydrogen) atoms. The predicted molar refractivity (Wildman–Crippen MR) is 156 cm³/mol. The fourth-order valence-electron chi connectivity index (χ4n) is 4.86. The van der Waals surface area contributed by atoms with Gasteiger partial charge in [0.2, 0.25) is 17.6 Å². The first-order valence-corrected chi connectivity index (χ1v) is 13.5. The molecule has 0 spiro atoms. The molecule has 2 heterocycles. The summed E-state index contributed by atoms with van der Waals surface area (Å²) in [7, 11) is 0. The number of amides is 3. The number of aryl methyl sites for hydroxylation is 1. The number of anilines is 1. The summed E-state index contributed by atoms with van der Waals surface area (Å²) in [5.41, 5.74) is 2.72. The molecular formula is C30H25ClN6O5. The number of carbonyl (C=O) groups excluding carboxylic acids is 2. The van der Waals surface area contributed by atoms with Gasteiger partial charge in [-0.2, -0.15) is 4.98 Å². The van der Waals surface area contributed by atoms with E-state index < -0.39 is 17.5 Å². The Bertz CT molecular complexity index is 1840. The third-order valence-electron chi connectivity index (χ3n) is 7.11. The normalized spacial score (nSPS) is 13.5. The largest absolute Gasteiger partial charge is 0.465 e. The van der Waals surface area contributed by atoms with Crippen LogP contribution < -0.4 is 16.0 Å². The topological polar surface area (TPSA) is 151 Å². The standard InChI is InChI=1S/C30H25ClN6O5/c1-17-33-26(36-42-17)25-24(31)22-7-2-3-8-23(22)37(25)21-11-9-18(10-12-21)16-32-28(39)30(13-14-30)35-27(38)19-5-4-6-20(15-19)34-29(40)41/h2-12,15,34H,13-14,16H2,1H3,(H,32,39)(H,35,38)(H,40,41). The molecule has 1 saturated carbocycles. The highest BCUT2D eigenvalue weighted by atomic mass is 35.5. The zero-order valence-corrected chi connectivity index (χ0v) is 23.1. The fourth-order valence-corrected chi connectivity index (χ4v) is 5.19. The lowest BCUT2D eigenvalue weighted by Gasteiger charge is -2.18. The average Bonchev–Trinajstić information content (AvgIpc) is 3.54. The van der Waals surface area contributed by atoms with Gasteiger partial charge in [0.05, 0.1) is 10.5 Å². The molecular weight excluding hydrogens is 560 g/mol. The Morgan fingerprint density at radius 2 is 1.81 bits per heavy atom. The van der Waals surface area contributed by atoms with Crippen LogP contribution in [0.25, 0.3) is 28.1 Å². The summed E-state index contributed by atoms with van der Waals surface area (Å²) in [6, 6.07) is 21.5. The quantitative estimate of drug-likeness (QED) is 0.193. The third kappa shape index (κ3) is 5.17. The number of aromatic nitrogens is 3. The monoisotopic (exact) mass is 584 g/mol. The molecule has 0 bridgehead atoms. The highest BCUT2D eigenvalue weighted by Gasteiger charge is 2.51. The molecule has 11 nitrogen and oxygen atoms in total. The number of para-hydroxylation sites is 1. The van der Waals surface area contributed by atoms with Crippen LogP contribution in [-0.2, 0) is 11.3 Å². The van der Waals surface area contributed by atoms with Gasteiger partial charge in [0.25, 0.3) is 5.91 Å². The van der Waals surface area contributed by atoms with Gasteiger partial charge in [-0.3, -0.25) is 14.9 Å². The zero-order chi connectivity index (χ0) is 29.4. The van der Waals surface area contributed by atoms with Crippen LogP contribution in [-0.4, -0.2) is 43.3 Å². The van der Waals surface area contributed by atoms with Gasteiger partial charge in [0.15, 0.2) is 0 Å². The van der Waals surface area contributed by atoms with E-state index in [0.29, 0.717) is 35.3 Å². The Morgan fingerprint density at radius 3 is 2.50 bits per heavy atom. The number of nitrogens with zero attached hydrogens (tertiary/aromatic N) is 3. The molecule has 1 fully saturated rings. The van der Waals surface area contributed by atoms with E-state index >= 15 is 0 Å². The Morgan fingerprint density at radius 1 is 1.05 bits per heavy atom. The molecule has 1 aliphatic rings. The fraction of sp³-hybridized carbons (Fsp3) is 0.167. The van der Waals surface area contributed by atoms with Crippen LogP contribution in [0.5, 0.6) is 0 Å². The molecule has 212 valence electrons. The number of rotatable bonds is 8. The van der Waals surface area contributed by atoms with Crippen molar-refractivity contribution in [2.24, 2.45) is 0 Å². The first-order chi connectivity index (χ1) is 20.2. The SMILES string of the molecule is Cc1nc(-c2c(Cl)c3ccccc3n2-c2ccc(CNC(=O)C3(NC(=O)c4cccc(NC(=O)O)c4)CC3)cc2)no1. The minimum absolute atomic E-state index is 0.254. The van der Waals surface area contributed by atoms with Crippen LogP contribution in [0.3, 0.4) is 0 Å². The summed E-state index contributed by atoms with van der Waals surface area (Å²) in [5.74, 6) is 0.0768. The Balaban J connectivity index is 1.16. The molecule has 0 unspecified atom stereocenters. The molecule has 0 radical (unpaired) electrons. The van der Waals surface area contributed by atoms with Gasteiger partial charge >= 0.3 is 6.09 Å². The lowest BCUT2D eigenvalue weighted by molar-refractivity contribution is -0.124. The molecule has 1 aliphatic carbocycles. The first-order valence-electron chi connectivity index (χ1n) is 13.1. The van der Waals surface area contributed by atoms with Crippen molar-refractivity contribution in [1.82, 2.24) is 25.3 Å².